The molecule has 1 saturated heterocycles. The molecule has 0 unspecified atom stereocenters. The minimum absolute atomic E-state index is 0.0905. The minimum atomic E-state index is -0.371. The van der Waals surface area contributed by atoms with Crippen molar-refractivity contribution >= 4 is 17.8 Å². The Bertz CT molecular complexity index is 1310. The zero-order chi connectivity index (χ0) is 25.5. The summed E-state index contributed by atoms with van der Waals surface area (Å²) < 4.78 is 5.54. The number of aromatic nitrogens is 2. The molecule has 1 aromatic heterocycles. The summed E-state index contributed by atoms with van der Waals surface area (Å²) in [7, 11) is 0. The highest BCUT2D eigenvalue weighted by molar-refractivity contribution is 5.91. The molecule has 4 aromatic rings. The lowest BCUT2D eigenvalue weighted by Crippen LogP contribution is -2.46. The maximum absolute atomic E-state index is 13.2. The zero-order valence-electron chi connectivity index (χ0n) is 20.6. The van der Waals surface area contributed by atoms with E-state index in [0.29, 0.717) is 38.2 Å². The van der Waals surface area contributed by atoms with Crippen molar-refractivity contribution in [3.8, 4) is 11.3 Å². The average Bonchev–Trinajstić information content (AvgIpc) is 3.42. The highest BCUT2D eigenvalue weighted by Gasteiger charge is 2.39. The zero-order valence-corrected chi connectivity index (χ0v) is 20.6. The van der Waals surface area contributed by atoms with E-state index in [-0.39, 0.29) is 24.0 Å². The highest BCUT2D eigenvalue weighted by atomic mass is 16.6. The maximum atomic E-state index is 13.2. The summed E-state index contributed by atoms with van der Waals surface area (Å²) in [5.41, 5.74) is 3.45. The topological polar surface area (TPSA) is 87.3 Å². The summed E-state index contributed by atoms with van der Waals surface area (Å²) in [5.74, 6) is 0.473. The van der Waals surface area contributed by atoms with Crippen LogP contribution in [-0.2, 0) is 21.6 Å². The molecular weight excluding hydrogens is 464 g/mol. The van der Waals surface area contributed by atoms with Crippen molar-refractivity contribution in [2.24, 2.45) is 0 Å². The predicted octanol–water partition coefficient (Wildman–Crippen LogP) is 5.78. The van der Waals surface area contributed by atoms with Gasteiger partial charge in [0.15, 0.2) is 0 Å². The monoisotopic (exact) mass is 494 g/mol. The summed E-state index contributed by atoms with van der Waals surface area (Å²) in [6, 6.07) is 31.4. The van der Waals surface area contributed by atoms with Gasteiger partial charge in [0.25, 0.3) is 0 Å². The van der Waals surface area contributed by atoms with Crippen LogP contribution in [0.1, 0.15) is 30.4 Å². The van der Waals surface area contributed by atoms with Gasteiger partial charge in [0.2, 0.25) is 5.91 Å². The van der Waals surface area contributed by atoms with Crippen molar-refractivity contribution in [3.63, 3.8) is 0 Å². The van der Waals surface area contributed by atoms with E-state index in [4.69, 9.17) is 4.74 Å². The van der Waals surface area contributed by atoms with Gasteiger partial charge in [-0.2, -0.15) is 5.10 Å². The lowest BCUT2D eigenvalue weighted by Gasteiger charge is -2.41. The highest BCUT2D eigenvalue weighted by Crippen LogP contribution is 2.39. The molecule has 1 fully saturated rings. The van der Waals surface area contributed by atoms with Crippen molar-refractivity contribution in [3.05, 3.63) is 108 Å². The summed E-state index contributed by atoms with van der Waals surface area (Å²) in [6.45, 7) is 1.30. The van der Waals surface area contributed by atoms with Crippen molar-refractivity contribution < 1.29 is 14.3 Å². The van der Waals surface area contributed by atoms with Gasteiger partial charge in [-0.3, -0.25) is 9.89 Å². The quantitative estimate of drug-likeness (QED) is 0.341. The van der Waals surface area contributed by atoms with Crippen LogP contribution >= 0.6 is 0 Å². The molecule has 188 valence electrons. The molecule has 0 aliphatic carbocycles. The number of ether oxygens (including phenoxy) is 1. The number of rotatable bonds is 7. The number of nitrogens with zero attached hydrogens (tertiary/aromatic N) is 2. The standard InChI is InChI=1S/C30H30N4O3/c35-28(31-27-20-26(32-33-27)24-12-6-2-7-13-24)21-30(25-14-8-3-9-15-25)16-18-34(19-17-30)29(36)37-22-23-10-4-1-5-11-23/h1-15,20H,16-19,21-22H2,(H2,31,32,33,35). The third-order valence-electron chi connectivity index (χ3n) is 6.99. The Morgan fingerprint density at radius 3 is 2.19 bits per heavy atom. The van der Waals surface area contributed by atoms with E-state index in [0.717, 1.165) is 22.4 Å². The predicted molar refractivity (Wildman–Crippen MR) is 143 cm³/mol. The van der Waals surface area contributed by atoms with Crippen LogP contribution in [-0.4, -0.2) is 40.2 Å². The Morgan fingerprint density at radius 2 is 1.51 bits per heavy atom. The maximum Gasteiger partial charge on any atom is 0.410 e. The third-order valence-corrected chi connectivity index (χ3v) is 6.99. The number of aromatic amines is 1. The SMILES string of the molecule is O=C(CC1(c2ccccc2)CCN(C(=O)OCc2ccccc2)CC1)Nc1cc(-c2ccccc2)n[nH]1. The van der Waals surface area contributed by atoms with Crippen LogP contribution in [0.3, 0.4) is 0 Å². The molecule has 1 aliphatic rings. The van der Waals surface area contributed by atoms with Gasteiger partial charge in [-0.15, -0.1) is 0 Å². The second-order valence-corrected chi connectivity index (χ2v) is 9.43. The molecule has 0 bridgehead atoms. The van der Waals surface area contributed by atoms with E-state index in [9.17, 15) is 9.59 Å². The number of H-pyrrole nitrogens is 1. The van der Waals surface area contributed by atoms with Gasteiger partial charge in [-0.1, -0.05) is 91.0 Å². The van der Waals surface area contributed by atoms with Crippen LogP contribution in [0, 0.1) is 0 Å². The fourth-order valence-electron chi connectivity index (χ4n) is 4.93. The van der Waals surface area contributed by atoms with Gasteiger partial charge in [0.05, 0.1) is 5.69 Å². The summed E-state index contributed by atoms with van der Waals surface area (Å²) in [6.07, 6.45) is 1.33. The first-order valence-electron chi connectivity index (χ1n) is 12.5. The molecule has 37 heavy (non-hydrogen) atoms. The summed E-state index contributed by atoms with van der Waals surface area (Å²) in [4.78, 5) is 27.7. The number of hydrogen-bond acceptors (Lipinski definition) is 4. The van der Waals surface area contributed by atoms with E-state index in [1.807, 2.05) is 84.9 Å². The molecule has 2 N–H and O–H groups in total. The lowest BCUT2D eigenvalue weighted by molar-refractivity contribution is -0.117. The van der Waals surface area contributed by atoms with Gasteiger partial charge in [-0.05, 0) is 24.0 Å². The number of benzene rings is 3. The van der Waals surface area contributed by atoms with E-state index in [1.54, 1.807) is 4.90 Å². The van der Waals surface area contributed by atoms with Gasteiger partial charge >= 0.3 is 6.09 Å². The Morgan fingerprint density at radius 1 is 0.892 bits per heavy atom. The summed E-state index contributed by atoms with van der Waals surface area (Å²) >= 11 is 0. The molecule has 7 heteroatoms. The smallest absolute Gasteiger partial charge is 0.410 e. The van der Waals surface area contributed by atoms with E-state index in [1.165, 1.54) is 0 Å². The molecule has 2 heterocycles. The molecule has 0 radical (unpaired) electrons. The minimum Gasteiger partial charge on any atom is -0.445 e. The first kappa shape index (κ1) is 24.3. The number of piperidine rings is 1. The normalized spacial score (nSPS) is 14.6. The number of likely N-dealkylation sites (tertiary alicyclic amines) is 1. The molecular formula is C30H30N4O3. The number of carbonyl (C=O) groups is 2. The molecule has 3 aromatic carbocycles. The van der Waals surface area contributed by atoms with Crippen LogP contribution in [0.15, 0.2) is 97.1 Å². The van der Waals surface area contributed by atoms with E-state index < -0.39 is 0 Å². The van der Waals surface area contributed by atoms with Gasteiger partial charge < -0.3 is 15.0 Å². The Labute approximate surface area is 216 Å². The molecule has 5 rings (SSSR count). The van der Waals surface area contributed by atoms with Crippen molar-refractivity contribution in [2.75, 3.05) is 18.4 Å². The fourth-order valence-corrected chi connectivity index (χ4v) is 4.93. The lowest BCUT2D eigenvalue weighted by atomic mass is 9.70. The first-order chi connectivity index (χ1) is 18.1. The van der Waals surface area contributed by atoms with Gasteiger partial charge in [0, 0.05) is 36.6 Å². The van der Waals surface area contributed by atoms with Crippen LogP contribution < -0.4 is 5.32 Å². The molecule has 0 spiro atoms. The Kier molecular flexibility index (Phi) is 7.31. The molecule has 1 aliphatic heterocycles. The van der Waals surface area contributed by atoms with Gasteiger partial charge in [0.1, 0.15) is 12.4 Å². The molecule has 7 nitrogen and oxygen atoms in total. The van der Waals surface area contributed by atoms with Crippen molar-refractivity contribution in [1.82, 2.24) is 15.1 Å². The van der Waals surface area contributed by atoms with Gasteiger partial charge in [-0.25, -0.2) is 4.79 Å². The van der Waals surface area contributed by atoms with Crippen LogP contribution in [0.5, 0.6) is 0 Å². The second kappa shape index (κ2) is 11.1. The van der Waals surface area contributed by atoms with Crippen molar-refractivity contribution in [2.45, 2.75) is 31.3 Å². The third kappa shape index (κ3) is 5.89. The molecule has 2 amide bonds. The van der Waals surface area contributed by atoms with Crippen LogP contribution in [0.2, 0.25) is 0 Å². The van der Waals surface area contributed by atoms with E-state index in [2.05, 4.69) is 27.6 Å². The molecule has 0 atom stereocenters. The largest absolute Gasteiger partial charge is 0.445 e. The second-order valence-electron chi connectivity index (χ2n) is 9.43. The fraction of sp³-hybridized carbons (Fsp3) is 0.233. The van der Waals surface area contributed by atoms with Crippen molar-refractivity contribution in [1.29, 1.82) is 0 Å². The van der Waals surface area contributed by atoms with Crippen LogP contribution in [0.4, 0.5) is 10.6 Å². The number of hydrogen-bond donors (Lipinski definition) is 2. The number of carbonyl (C=O) groups excluding carboxylic acids is 2. The number of amides is 2. The number of nitrogens with one attached hydrogen (secondary N) is 2. The summed E-state index contributed by atoms with van der Waals surface area (Å²) in [5, 5.41) is 10.2. The Hall–Kier alpha value is -4.39. The van der Waals surface area contributed by atoms with E-state index >= 15 is 0 Å². The first-order valence-corrected chi connectivity index (χ1v) is 12.5. The average molecular weight is 495 g/mol. The van der Waals surface area contributed by atoms with Crippen LogP contribution in [0.25, 0.3) is 11.3 Å². The Balaban J connectivity index is 1.23. The molecule has 0 saturated carbocycles. The number of anilines is 1.